The Balaban J connectivity index is 4.13. The third-order valence-electron chi connectivity index (χ3n) is 14.8. The number of phosphoric ester groups is 1. The maximum atomic E-state index is 12.9. The van der Waals surface area contributed by atoms with E-state index in [4.69, 9.17) is 18.5 Å². The highest BCUT2D eigenvalue weighted by Crippen LogP contribution is 2.38. The van der Waals surface area contributed by atoms with Gasteiger partial charge in [-0.2, -0.15) is 0 Å². The second-order valence-electron chi connectivity index (χ2n) is 24.5. The average molecular weight is 1240 g/mol. The summed E-state index contributed by atoms with van der Waals surface area (Å²) in [5.74, 6) is -0.850. The molecular weight excluding hydrogens is 1110 g/mol. The number of esters is 2. The van der Waals surface area contributed by atoms with Crippen molar-refractivity contribution in [3.05, 3.63) is 146 Å². The van der Waals surface area contributed by atoms with Crippen molar-refractivity contribution in [3.8, 4) is 0 Å². The second kappa shape index (κ2) is 67.3. The van der Waals surface area contributed by atoms with Crippen LogP contribution in [0.4, 0.5) is 0 Å². The van der Waals surface area contributed by atoms with Gasteiger partial charge in [-0.25, -0.2) is 0 Å². The molecule has 9 nitrogen and oxygen atoms in total. The SMILES string of the molecule is CC/C=C\C/C=C\C/C=C\C/C=C\C/C=C\C/C=C\C/C=C\C/C=C\C/C=C\CCCCCCCCCC(=O)OC(COC(=O)CCCCCCCCCCCCCCCC/C=C\C/C=C\C/C=C\CCCCCCC)COP(=O)([O-])OCC[N+](C)(C)C. The summed E-state index contributed by atoms with van der Waals surface area (Å²) in [6.45, 7) is 4.10. The molecular formula is C78H132NO8P. The molecule has 0 saturated carbocycles. The van der Waals surface area contributed by atoms with E-state index in [0.717, 1.165) is 122 Å². The lowest BCUT2D eigenvalue weighted by Crippen LogP contribution is -2.37. The highest BCUT2D eigenvalue weighted by molar-refractivity contribution is 7.45. The van der Waals surface area contributed by atoms with Gasteiger partial charge in [0, 0.05) is 12.8 Å². The minimum atomic E-state index is -4.66. The van der Waals surface area contributed by atoms with Crippen molar-refractivity contribution in [2.75, 3.05) is 47.5 Å². The van der Waals surface area contributed by atoms with E-state index in [1.807, 2.05) is 21.1 Å². The molecule has 0 amide bonds. The van der Waals surface area contributed by atoms with Gasteiger partial charge in [-0.3, -0.25) is 14.2 Å². The normalized spacial score (nSPS) is 14.0. The highest BCUT2D eigenvalue weighted by atomic mass is 31.2. The first-order valence-electron chi connectivity index (χ1n) is 35.5. The molecule has 0 aliphatic heterocycles. The van der Waals surface area contributed by atoms with E-state index in [9.17, 15) is 19.0 Å². The first-order chi connectivity index (χ1) is 43.0. The van der Waals surface area contributed by atoms with E-state index in [2.05, 4.69) is 160 Å². The smallest absolute Gasteiger partial charge is 0.306 e. The van der Waals surface area contributed by atoms with E-state index in [1.165, 1.54) is 128 Å². The van der Waals surface area contributed by atoms with Crippen LogP contribution in [0.2, 0.25) is 0 Å². The van der Waals surface area contributed by atoms with E-state index >= 15 is 0 Å². The van der Waals surface area contributed by atoms with Crippen molar-refractivity contribution >= 4 is 19.8 Å². The van der Waals surface area contributed by atoms with E-state index < -0.39 is 26.5 Å². The van der Waals surface area contributed by atoms with Crippen LogP contribution in [0, 0.1) is 0 Å². The van der Waals surface area contributed by atoms with Crippen LogP contribution in [0.1, 0.15) is 284 Å². The Labute approximate surface area is 542 Å². The zero-order valence-electron chi connectivity index (χ0n) is 57.1. The summed E-state index contributed by atoms with van der Waals surface area (Å²) >= 11 is 0. The molecule has 0 aromatic heterocycles. The molecule has 10 heteroatoms. The lowest BCUT2D eigenvalue weighted by molar-refractivity contribution is -0.870. The molecule has 0 aliphatic rings. The van der Waals surface area contributed by atoms with Gasteiger partial charge in [0.15, 0.2) is 6.10 Å². The van der Waals surface area contributed by atoms with Crippen molar-refractivity contribution < 1.29 is 42.1 Å². The van der Waals surface area contributed by atoms with Crippen LogP contribution >= 0.6 is 7.82 Å². The van der Waals surface area contributed by atoms with Crippen molar-refractivity contribution in [3.63, 3.8) is 0 Å². The lowest BCUT2D eigenvalue weighted by atomic mass is 10.0. The van der Waals surface area contributed by atoms with Crippen LogP contribution in [0.25, 0.3) is 0 Å². The summed E-state index contributed by atoms with van der Waals surface area (Å²) in [6, 6.07) is 0. The molecule has 0 spiro atoms. The van der Waals surface area contributed by atoms with Crippen molar-refractivity contribution in [2.24, 2.45) is 0 Å². The number of hydrogen-bond acceptors (Lipinski definition) is 8. The fraction of sp³-hybridized carbons (Fsp3) is 0.667. The average Bonchev–Trinajstić information content (AvgIpc) is 3.57. The predicted molar refractivity (Wildman–Crippen MR) is 378 cm³/mol. The number of likely N-dealkylation sites (N-methyl/N-ethyl adjacent to an activating group) is 1. The summed E-state index contributed by atoms with van der Waals surface area (Å²) in [6.07, 6.45) is 99.2. The second-order valence-corrected chi connectivity index (χ2v) is 25.9. The third-order valence-corrected chi connectivity index (χ3v) is 15.8. The maximum absolute atomic E-state index is 12.9. The first-order valence-corrected chi connectivity index (χ1v) is 37.0. The number of hydrogen-bond donors (Lipinski definition) is 0. The number of allylic oxidation sites excluding steroid dienone is 24. The van der Waals surface area contributed by atoms with Gasteiger partial charge >= 0.3 is 11.9 Å². The van der Waals surface area contributed by atoms with Gasteiger partial charge in [0.2, 0.25) is 0 Å². The van der Waals surface area contributed by atoms with E-state index in [1.54, 1.807) is 0 Å². The highest BCUT2D eigenvalue weighted by Gasteiger charge is 2.22. The molecule has 0 N–H and O–H groups in total. The summed E-state index contributed by atoms with van der Waals surface area (Å²) in [5, 5.41) is 0. The Morgan fingerprint density at radius 2 is 0.648 bits per heavy atom. The minimum absolute atomic E-state index is 0.0402. The van der Waals surface area contributed by atoms with Gasteiger partial charge in [0.05, 0.1) is 27.7 Å². The van der Waals surface area contributed by atoms with Gasteiger partial charge < -0.3 is 27.9 Å². The van der Waals surface area contributed by atoms with Gasteiger partial charge in [0.1, 0.15) is 19.8 Å². The van der Waals surface area contributed by atoms with Crippen molar-refractivity contribution in [1.82, 2.24) is 0 Å². The standard InChI is InChI=1S/C78H132NO8P/c1-6-8-10-12-14-16-18-20-22-24-26-28-30-32-34-36-37-38-39-40-41-43-45-47-49-51-53-55-57-59-61-63-65-67-69-71-78(81)87-76(75-86-88(82,83)85-73-72-79(3,4)5)74-84-77(80)70-68-66-64-62-60-58-56-54-52-50-48-46-44-42-35-33-31-29-27-25-23-21-19-17-15-13-11-9-7-2/h8,10,14,16,19-22,25-28,31-34,37-38,40-41,45,47,51,53,76H,6-7,9,11-13,15,17-18,23-24,29-30,35-36,39,42-44,46,48-50,52,54-75H2,1-5H3/b10-8-,16-14-,21-19-,22-20-,27-25-,28-26-,33-31-,34-32-,38-37-,41-40-,47-45-,53-51-. The van der Waals surface area contributed by atoms with Crippen molar-refractivity contribution in [2.45, 2.75) is 290 Å². The zero-order chi connectivity index (χ0) is 64.1. The summed E-state index contributed by atoms with van der Waals surface area (Å²) < 4.78 is 34.3. The molecule has 0 rings (SSSR count). The topological polar surface area (TPSA) is 111 Å². The Bertz CT molecular complexity index is 2000. The van der Waals surface area contributed by atoms with Gasteiger partial charge in [-0.15, -0.1) is 0 Å². The van der Waals surface area contributed by atoms with Crippen LogP contribution in [0.15, 0.2) is 146 Å². The number of phosphoric acid groups is 1. The number of rotatable bonds is 64. The minimum Gasteiger partial charge on any atom is -0.756 e. The molecule has 0 bridgehead atoms. The van der Waals surface area contributed by atoms with Crippen LogP contribution in [0.3, 0.4) is 0 Å². The van der Waals surface area contributed by atoms with Gasteiger partial charge in [-0.1, -0.05) is 295 Å². The van der Waals surface area contributed by atoms with Crippen LogP contribution in [-0.2, 0) is 32.7 Å². The Hall–Kier alpha value is -4.11. The number of nitrogens with zero attached hydrogens (tertiary/aromatic N) is 1. The molecule has 2 atom stereocenters. The first kappa shape index (κ1) is 83.9. The Morgan fingerprint density at radius 3 is 0.966 bits per heavy atom. The summed E-state index contributed by atoms with van der Waals surface area (Å²) in [4.78, 5) is 38.1. The number of ether oxygens (including phenoxy) is 2. The molecule has 0 aromatic carbocycles. The van der Waals surface area contributed by atoms with Crippen LogP contribution < -0.4 is 4.89 Å². The Kier molecular flexibility index (Phi) is 64.1. The number of carbonyl (C=O) groups is 2. The third kappa shape index (κ3) is 71.0. The largest absolute Gasteiger partial charge is 0.756 e. The summed E-state index contributed by atoms with van der Waals surface area (Å²) in [7, 11) is 1.14. The number of quaternary nitrogens is 1. The van der Waals surface area contributed by atoms with Crippen LogP contribution in [-0.4, -0.2) is 70.0 Å². The number of unbranched alkanes of at least 4 members (excludes halogenated alkanes) is 26. The quantitative estimate of drug-likeness (QED) is 0.0195. The predicted octanol–water partition coefficient (Wildman–Crippen LogP) is 22.7. The molecule has 0 saturated heterocycles. The Morgan fingerprint density at radius 1 is 0.364 bits per heavy atom. The maximum Gasteiger partial charge on any atom is 0.306 e. The summed E-state index contributed by atoms with van der Waals surface area (Å²) in [5.41, 5.74) is 0. The molecule has 88 heavy (non-hydrogen) atoms. The lowest BCUT2D eigenvalue weighted by Gasteiger charge is -2.28. The molecule has 0 fully saturated rings. The fourth-order valence-electron chi connectivity index (χ4n) is 9.42. The van der Waals surface area contributed by atoms with Gasteiger partial charge in [0.25, 0.3) is 7.82 Å². The zero-order valence-corrected chi connectivity index (χ0v) is 58.0. The molecule has 0 aromatic rings. The van der Waals surface area contributed by atoms with E-state index in [-0.39, 0.29) is 32.0 Å². The van der Waals surface area contributed by atoms with Crippen LogP contribution in [0.5, 0.6) is 0 Å². The van der Waals surface area contributed by atoms with Crippen molar-refractivity contribution in [1.29, 1.82) is 0 Å². The van der Waals surface area contributed by atoms with E-state index in [0.29, 0.717) is 17.4 Å². The molecule has 502 valence electrons. The fourth-order valence-corrected chi connectivity index (χ4v) is 10.2. The molecule has 2 unspecified atom stereocenters. The molecule has 0 heterocycles. The number of carbonyl (C=O) groups excluding carboxylic acids is 2. The monoisotopic (exact) mass is 1240 g/mol. The molecule has 0 aliphatic carbocycles. The van der Waals surface area contributed by atoms with Gasteiger partial charge in [-0.05, 0) is 122 Å². The molecule has 0 radical (unpaired) electrons.